The van der Waals surface area contributed by atoms with Gasteiger partial charge >= 0.3 is 0 Å². The van der Waals surface area contributed by atoms with Gasteiger partial charge in [-0.05, 0) is 60.7 Å². The van der Waals surface area contributed by atoms with Crippen molar-refractivity contribution < 1.29 is 29.1 Å². The summed E-state index contributed by atoms with van der Waals surface area (Å²) in [5.74, 6) is -0.740. The van der Waals surface area contributed by atoms with Crippen LogP contribution in [0.25, 0.3) is 5.76 Å². The van der Waals surface area contributed by atoms with E-state index in [1.807, 2.05) is 20.8 Å². The Balaban J connectivity index is 1.67. The molecule has 1 amide bonds. The number of non-ortho nitro benzene ring substituents is 1. The highest BCUT2D eigenvalue weighted by molar-refractivity contribution is 6.46. The second-order valence-corrected chi connectivity index (χ2v) is 10.3. The van der Waals surface area contributed by atoms with Crippen LogP contribution in [0.4, 0.5) is 5.69 Å². The van der Waals surface area contributed by atoms with Crippen molar-refractivity contribution >= 4 is 23.1 Å². The first-order valence-corrected chi connectivity index (χ1v) is 13.2. The smallest absolute Gasteiger partial charge is 0.295 e. The number of benzene rings is 2. The molecule has 39 heavy (non-hydrogen) atoms. The third-order valence-corrected chi connectivity index (χ3v) is 6.96. The number of amides is 1. The number of hydrogen-bond donors (Lipinski definition) is 1. The number of aliphatic hydroxyl groups excluding tert-OH is 1. The zero-order valence-corrected chi connectivity index (χ0v) is 22.6. The number of ketones is 1. The van der Waals surface area contributed by atoms with Crippen molar-refractivity contribution in [3.63, 3.8) is 0 Å². The van der Waals surface area contributed by atoms with Crippen molar-refractivity contribution in [2.45, 2.75) is 33.2 Å². The molecule has 0 saturated carbocycles. The molecule has 1 atom stereocenters. The maximum absolute atomic E-state index is 13.3. The average Bonchev–Trinajstić information content (AvgIpc) is 3.17. The lowest BCUT2D eigenvalue weighted by Gasteiger charge is -2.29. The molecule has 0 radical (unpaired) electrons. The Bertz CT molecular complexity index is 1250. The maximum Gasteiger partial charge on any atom is 0.295 e. The molecule has 1 N–H and O–H groups in total. The average molecular weight is 538 g/mol. The number of likely N-dealkylation sites (tertiary alicyclic amines) is 1. The number of Topliss-reactive ketones (excluding diaryl/α,β-unsaturated/α-hetero) is 1. The molecule has 0 aromatic heterocycles. The van der Waals surface area contributed by atoms with E-state index >= 15 is 0 Å². The van der Waals surface area contributed by atoms with Crippen molar-refractivity contribution in [2.75, 3.05) is 46.0 Å². The number of aliphatic hydroxyl groups is 1. The molecule has 2 aromatic carbocycles. The van der Waals surface area contributed by atoms with Gasteiger partial charge in [0.2, 0.25) is 0 Å². The molecule has 10 nitrogen and oxygen atoms in total. The summed E-state index contributed by atoms with van der Waals surface area (Å²) in [4.78, 5) is 41.0. The number of nitro benzene ring substituents is 1. The lowest BCUT2D eigenvalue weighted by atomic mass is 9.94. The van der Waals surface area contributed by atoms with Crippen molar-refractivity contribution in [1.82, 2.24) is 9.80 Å². The lowest BCUT2D eigenvalue weighted by molar-refractivity contribution is -0.384. The Kier molecular flexibility index (Phi) is 8.98. The van der Waals surface area contributed by atoms with Crippen molar-refractivity contribution in [1.29, 1.82) is 0 Å². The molecule has 2 aromatic rings. The highest BCUT2D eigenvalue weighted by Crippen LogP contribution is 2.40. The van der Waals surface area contributed by atoms with Crippen LogP contribution in [0.1, 0.15) is 43.0 Å². The second kappa shape index (κ2) is 12.4. The van der Waals surface area contributed by atoms with E-state index in [4.69, 9.17) is 9.47 Å². The summed E-state index contributed by atoms with van der Waals surface area (Å²) in [5.41, 5.74) is 1.56. The number of nitro groups is 1. The number of hydrogen-bond acceptors (Lipinski definition) is 8. The number of rotatable bonds is 10. The summed E-state index contributed by atoms with van der Waals surface area (Å²) in [6, 6.07) is 10.0. The molecule has 4 rings (SSSR count). The van der Waals surface area contributed by atoms with E-state index in [0.29, 0.717) is 55.6 Å². The minimum Gasteiger partial charge on any atom is -0.507 e. The van der Waals surface area contributed by atoms with E-state index in [1.165, 1.54) is 29.2 Å². The monoisotopic (exact) mass is 537 g/mol. The normalized spacial score (nSPS) is 19.6. The quantitative estimate of drug-likeness (QED) is 0.158. The van der Waals surface area contributed by atoms with Gasteiger partial charge in [-0.2, -0.15) is 0 Å². The van der Waals surface area contributed by atoms with E-state index in [-0.39, 0.29) is 17.0 Å². The first-order valence-electron chi connectivity index (χ1n) is 13.2. The summed E-state index contributed by atoms with van der Waals surface area (Å²) in [5, 5.41) is 22.6. The Morgan fingerprint density at radius 2 is 1.82 bits per heavy atom. The fraction of sp³-hybridized carbons (Fsp3) is 0.448. The summed E-state index contributed by atoms with van der Waals surface area (Å²) in [6.45, 7) is 10.5. The summed E-state index contributed by atoms with van der Waals surface area (Å²) in [7, 11) is 0. The molecule has 0 bridgehead atoms. The predicted octanol–water partition coefficient (Wildman–Crippen LogP) is 4.08. The van der Waals surface area contributed by atoms with Gasteiger partial charge in [-0.15, -0.1) is 0 Å². The molecule has 208 valence electrons. The van der Waals surface area contributed by atoms with Gasteiger partial charge in [0.25, 0.3) is 17.4 Å². The fourth-order valence-corrected chi connectivity index (χ4v) is 4.90. The topological polar surface area (TPSA) is 122 Å². The van der Waals surface area contributed by atoms with Gasteiger partial charge in [0.05, 0.1) is 36.4 Å². The van der Waals surface area contributed by atoms with Crippen LogP contribution in [0.15, 0.2) is 48.0 Å². The third kappa shape index (κ3) is 6.46. The molecule has 2 heterocycles. The molecule has 2 aliphatic rings. The van der Waals surface area contributed by atoms with Crippen LogP contribution in [-0.4, -0.2) is 77.5 Å². The number of carbonyl (C=O) groups is 2. The van der Waals surface area contributed by atoms with E-state index < -0.39 is 22.7 Å². The predicted molar refractivity (Wildman–Crippen MR) is 145 cm³/mol. The molecule has 2 fully saturated rings. The molecule has 2 aliphatic heterocycles. The fourth-order valence-electron chi connectivity index (χ4n) is 4.90. The van der Waals surface area contributed by atoms with E-state index in [9.17, 15) is 24.8 Å². The van der Waals surface area contributed by atoms with Gasteiger partial charge in [0, 0.05) is 43.9 Å². The van der Waals surface area contributed by atoms with Gasteiger partial charge in [-0.3, -0.25) is 24.6 Å². The molecular formula is C29H35N3O7. The number of ether oxygens (including phenoxy) is 2. The highest BCUT2D eigenvalue weighted by atomic mass is 16.6. The minimum atomic E-state index is -0.868. The third-order valence-electron chi connectivity index (χ3n) is 6.96. The zero-order valence-electron chi connectivity index (χ0n) is 22.6. The van der Waals surface area contributed by atoms with E-state index in [1.54, 1.807) is 18.2 Å². The largest absolute Gasteiger partial charge is 0.507 e. The van der Waals surface area contributed by atoms with Crippen molar-refractivity contribution in [3.05, 3.63) is 74.8 Å². The Hall–Kier alpha value is -3.76. The first-order chi connectivity index (χ1) is 18.7. The molecular weight excluding hydrogens is 502 g/mol. The van der Waals surface area contributed by atoms with Gasteiger partial charge in [0.15, 0.2) is 0 Å². The molecule has 0 unspecified atom stereocenters. The van der Waals surface area contributed by atoms with Crippen LogP contribution in [0.2, 0.25) is 0 Å². The number of aryl methyl sites for hydroxylation is 1. The van der Waals surface area contributed by atoms with Gasteiger partial charge in [-0.25, -0.2) is 0 Å². The molecule has 10 heteroatoms. The van der Waals surface area contributed by atoms with Crippen LogP contribution in [0, 0.1) is 23.0 Å². The van der Waals surface area contributed by atoms with Crippen LogP contribution in [-0.2, 0) is 14.3 Å². The van der Waals surface area contributed by atoms with Crippen LogP contribution in [0.3, 0.4) is 0 Å². The lowest BCUT2D eigenvalue weighted by Crippen LogP contribution is -2.38. The number of morpholine rings is 1. The Labute approximate surface area is 228 Å². The zero-order chi connectivity index (χ0) is 28.1. The Morgan fingerprint density at radius 3 is 2.44 bits per heavy atom. The standard InChI is InChI=1S/C29H35N3O7/c1-19(2)18-39-24-10-7-22(17-20(24)3)27(33)25-26(21-5-8-23(9-6-21)32(36)37)31(29(35)28(25)34)12-4-11-30-13-15-38-16-14-30/h5-10,17,19,26,33H,4,11-16,18H2,1-3H3/b27-25+/t26-/m1/s1. The van der Waals surface area contributed by atoms with Gasteiger partial charge in [-0.1, -0.05) is 13.8 Å². The van der Waals surface area contributed by atoms with Gasteiger partial charge in [0.1, 0.15) is 11.5 Å². The van der Waals surface area contributed by atoms with E-state index in [0.717, 1.165) is 25.2 Å². The van der Waals surface area contributed by atoms with E-state index in [2.05, 4.69) is 4.90 Å². The summed E-state index contributed by atoms with van der Waals surface area (Å²) in [6.07, 6.45) is 0.623. The SMILES string of the molecule is Cc1cc(/C(O)=C2\C(=O)C(=O)N(CCCN3CCOCC3)[C@@H]2c2ccc([N+](=O)[O-])cc2)ccc1OCC(C)C. The van der Waals surface area contributed by atoms with Crippen LogP contribution in [0.5, 0.6) is 5.75 Å². The minimum absolute atomic E-state index is 0.0320. The van der Waals surface area contributed by atoms with Crippen LogP contribution < -0.4 is 4.74 Å². The first kappa shape index (κ1) is 28.3. The Morgan fingerprint density at radius 1 is 1.13 bits per heavy atom. The molecule has 2 saturated heterocycles. The maximum atomic E-state index is 13.3. The molecule has 0 spiro atoms. The van der Waals surface area contributed by atoms with Gasteiger partial charge < -0.3 is 19.5 Å². The summed E-state index contributed by atoms with van der Waals surface area (Å²) < 4.78 is 11.2. The van der Waals surface area contributed by atoms with Crippen LogP contribution >= 0.6 is 0 Å². The van der Waals surface area contributed by atoms with Crippen molar-refractivity contribution in [3.8, 4) is 5.75 Å². The highest BCUT2D eigenvalue weighted by Gasteiger charge is 2.46. The second-order valence-electron chi connectivity index (χ2n) is 10.3. The molecule has 0 aliphatic carbocycles. The summed E-state index contributed by atoms with van der Waals surface area (Å²) >= 11 is 0. The van der Waals surface area contributed by atoms with Crippen molar-refractivity contribution in [2.24, 2.45) is 5.92 Å². The number of nitrogens with zero attached hydrogens (tertiary/aromatic N) is 3. The number of carbonyl (C=O) groups excluding carboxylic acids is 2.